The minimum Gasteiger partial charge on any atom is -0.496 e. The summed E-state index contributed by atoms with van der Waals surface area (Å²) in [6.45, 7) is -0.0928. The lowest BCUT2D eigenvalue weighted by atomic mass is 10.1. The van der Waals surface area contributed by atoms with Crippen molar-refractivity contribution >= 4 is 5.97 Å². The molecular formula is C13H17NO4. The van der Waals surface area contributed by atoms with Crippen LogP contribution in [0.3, 0.4) is 0 Å². The van der Waals surface area contributed by atoms with Crippen LogP contribution in [-0.2, 0) is 22.4 Å². The summed E-state index contributed by atoms with van der Waals surface area (Å²) >= 11 is 0. The Balaban J connectivity index is 2.22. The van der Waals surface area contributed by atoms with Crippen molar-refractivity contribution in [3.63, 3.8) is 0 Å². The summed E-state index contributed by atoms with van der Waals surface area (Å²) in [6, 6.07) is 3.72. The summed E-state index contributed by atoms with van der Waals surface area (Å²) in [4.78, 5) is 11.1. The first-order valence-corrected chi connectivity index (χ1v) is 5.79. The van der Waals surface area contributed by atoms with Gasteiger partial charge in [0, 0.05) is 17.2 Å². The maximum absolute atomic E-state index is 11.1. The Labute approximate surface area is 106 Å². The van der Waals surface area contributed by atoms with Crippen LogP contribution in [0.4, 0.5) is 0 Å². The Morgan fingerprint density at radius 3 is 2.50 bits per heavy atom. The van der Waals surface area contributed by atoms with Crippen molar-refractivity contribution in [2.45, 2.75) is 18.9 Å². The van der Waals surface area contributed by atoms with E-state index in [1.807, 2.05) is 6.07 Å². The molecule has 0 saturated heterocycles. The molecular weight excluding hydrogens is 234 g/mol. The fourth-order valence-corrected chi connectivity index (χ4v) is 2.22. The number of methoxy groups -OCH3 is 2. The third-order valence-corrected chi connectivity index (χ3v) is 3.07. The quantitative estimate of drug-likeness (QED) is 0.796. The number of hydrogen-bond donors (Lipinski definition) is 1. The van der Waals surface area contributed by atoms with Crippen LogP contribution in [0, 0.1) is 0 Å². The monoisotopic (exact) mass is 251 g/mol. The van der Waals surface area contributed by atoms with Crippen LogP contribution in [0.15, 0.2) is 12.1 Å². The molecule has 1 atom stereocenters. The van der Waals surface area contributed by atoms with Gasteiger partial charge in [0.2, 0.25) is 0 Å². The van der Waals surface area contributed by atoms with E-state index in [0.29, 0.717) is 5.75 Å². The first kappa shape index (κ1) is 12.7. The normalized spacial score (nSPS) is 17.2. The first-order chi connectivity index (χ1) is 8.65. The van der Waals surface area contributed by atoms with E-state index in [0.717, 1.165) is 29.7 Å². The van der Waals surface area contributed by atoms with Crippen LogP contribution < -0.4 is 15.2 Å². The van der Waals surface area contributed by atoms with E-state index in [2.05, 4.69) is 4.74 Å². The molecule has 2 N–H and O–H groups in total. The third kappa shape index (κ3) is 2.41. The summed E-state index contributed by atoms with van der Waals surface area (Å²) in [5, 5.41) is 0. The lowest BCUT2D eigenvalue weighted by Gasteiger charge is -2.12. The van der Waals surface area contributed by atoms with Crippen LogP contribution in [0.1, 0.15) is 11.1 Å². The molecule has 0 saturated carbocycles. The number of rotatable bonds is 4. The summed E-state index contributed by atoms with van der Waals surface area (Å²) in [5.41, 5.74) is 8.07. The highest BCUT2D eigenvalue weighted by Gasteiger charge is 2.25. The van der Waals surface area contributed by atoms with Gasteiger partial charge in [-0.3, -0.25) is 0 Å². The molecule has 1 unspecified atom stereocenters. The Morgan fingerprint density at radius 1 is 1.28 bits per heavy atom. The fourth-order valence-electron chi connectivity index (χ4n) is 2.22. The van der Waals surface area contributed by atoms with E-state index >= 15 is 0 Å². The van der Waals surface area contributed by atoms with Crippen LogP contribution in [0.25, 0.3) is 0 Å². The minimum atomic E-state index is -0.401. The molecule has 1 aromatic carbocycles. The van der Waals surface area contributed by atoms with Gasteiger partial charge in [0.25, 0.3) is 0 Å². The molecule has 0 aliphatic heterocycles. The molecule has 0 spiro atoms. The molecule has 1 aliphatic carbocycles. The van der Waals surface area contributed by atoms with Crippen molar-refractivity contribution in [3.8, 4) is 11.5 Å². The van der Waals surface area contributed by atoms with Crippen LogP contribution in [0.2, 0.25) is 0 Å². The van der Waals surface area contributed by atoms with Gasteiger partial charge < -0.3 is 19.9 Å². The number of benzene rings is 1. The Hall–Kier alpha value is -1.75. The highest BCUT2D eigenvalue weighted by molar-refractivity contribution is 5.71. The minimum absolute atomic E-state index is 0.0803. The molecule has 0 bridgehead atoms. The Morgan fingerprint density at radius 2 is 1.89 bits per heavy atom. The summed E-state index contributed by atoms with van der Waals surface area (Å²) in [7, 11) is 2.97. The first-order valence-electron chi connectivity index (χ1n) is 5.79. The fraction of sp³-hybridized carbons (Fsp3) is 0.462. The average Bonchev–Trinajstić information content (AvgIpc) is 2.76. The molecule has 2 rings (SSSR count). The summed E-state index contributed by atoms with van der Waals surface area (Å²) in [6.07, 6.45) is 1.51. The highest BCUT2D eigenvalue weighted by Crippen LogP contribution is 2.36. The van der Waals surface area contributed by atoms with Crippen molar-refractivity contribution in [3.05, 3.63) is 23.3 Å². The number of carbonyl (C=O) groups excluding carboxylic acids is 1. The number of ether oxygens (including phenoxy) is 3. The smallest absolute Gasteiger partial charge is 0.343 e. The maximum atomic E-state index is 11.1. The molecule has 5 nitrogen and oxygen atoms in total. The average molecular weight is 251 g/mol. The Kier molecular flexibility index (Phi) is 3.72. The maximum Gasteiger partial charge on any atom is 0.343 e. The molecule has 0 fully saturated rings. The van der Waals surface area contributed by atoms with Crippen molar-refractivity contribution < 1.29 is 19.0 Å². The van der Waals surface area contributed by atoms with E-state index in [4.69, 9.17) is 15.2 Å². The van der Waals surface area contributed by atoms with Gasteiger partial charge in [-0.15, -0.1) is 0 Å². The zero-order valence-electron chi connectivity index (χ0n) is 10.6. The molecule has 0 radical (unpaired) electrons. The predicted molar refractivity (Wildman–Crippen MR) is 65.9 cm³/mol. The van der Waals surface area contributed by atoms with E-state index < -0.39 is 5.97 Å². The van der Waals surface area contributed by atoms with Crippen LogP contribution >= 0.6 is 0 Å². The topological polar surface area (TPSA) is 70.8 Å². The lowest BCUT2D eigenvalue weighted by molar-refractivity contribution is -0.142. The third-order valence-electron chi connectivity index (χ3n) is 3.07. The van der Waals surface area contributed by atoms with Gasteiger partial charge in [-0.2, -0.15) is 0 Å². The molecule has 0 heterocycles. The molecule has 98 valence electrons. The Bertz CT molecular complexity index is 459. The van der Waals surface area contributed by atoms with Gasteiger partial charge in [-0.25, -0.2) is 4.79 Å². The van der Waals surface area contributed by atoms with Crippen molar-refractivity contribution in [1.29, 1.82) is 0 Å². The second-order valence-electron chi connectivity index (χ2n) is 4.26. The standard InChI is InChI=1S/C13H17NO4/c1-16-11-3-4-12(18-7-13(15)17-2)10-6-8(14)5-9(10)11/h3-4,8H,5-7,14H2,1-2H3. The second-order valence-corrected chi connectivity index (χ2v) is 4.26. The number of nitrogens with two attached hydrogens (primary N) is 1. The number of esters is 1. The van der Waals surface area contributed by atoms with Crippen LogP contribution in [-0.4, -0.2) is 32.8 Å². The van der Waals surface area contributed by atoms with E-state index in [-0.39, 0.29) is 12.6 Å². The van der Waals surface area contributed by atoms with Crippen molar-refractivity contribution in [1.82, 2.24) is 0 Å². The van der Waals surface area contributed by atoms with Gasteiger partial charge in [0.05, 0.1) is 14.2 Å². The molecule has 1 aliphatic rings. The summed E-state index contributed by atoms with van der Waals surface area (Å²) < 4.78 is 15.3. The predicted octanol–water partition coefficient (Wildman–Crippen LogP) is 0.673. The zero-order chi connectivity index (χ0) is 13.1. The SMILES string of the molecule is COC(=O)COc1ccc(OC)c2c1CC(N)C2. The largest absolute Gasteiger partial charge is 0.496 e. The molecule has 1 aromatic rings. The van der Waals surface area contributed by atoms with E-state index in [1.165, 1.54) is 7.11 Å². The van der Waals surface area contributed by atoms with Gasteiger partial charge in [-0.1, -0.05) is 0 Å². The van der Waals surface area contributed by atoms with Gasteiger partial charge >= 0.3 is 5.97 Å². The molecule has 5 heteroatoms. The van der Waals surface area contributed by atoms with Crippen LogP contribution in [0.5, 0.6) is 11.5 Å². The van der Waals surface area contributed by atoms with E-state index in [1.54, 1.807) is 13.2 Å². The number of fused-ring (bicyclic) bond motifs is 1. The molecule has 0 amide bonds. The number of hydrogen-bond acceptors (Lipinski definition) is 5. The second kappa shape index (κ2) is 5.27. The van der Waals surface area contributed by atoms with E-state index in [9.17, 15) is 4.79 Å². The van der Waals surface area contributed by atoms with Gasteiger partial charge in [-0.05, 0) is 25.0 Å². The summed E-state index contributed by atoms with van der Waals surface area (Å²) in [5.74, 6) is 1.11. The van der Waals surface area contributed by atoms with Gasteiger partial charge in [0.1, 0.15) is 11.5 Å². The molecule has 18 heavy (non-hydrogen) atoms. The number of carbonyl (C=O) groups is 1. The zero-order valence-corrected chi connectivity index (χ0v) is 10.6. The van der Waals surface area contributed by atoms with Crippen molar-refractivity contribution in [2.75, 3.05) is 20.8 Å². The highest BCUT2D eigenvalue weighted by atomic mass is 16.6. The van der Waals surface area contributed by atoms with Gasteiger partial charge in [0.15, 0.2) is 6.61 Å². The van der Waals surface area contributed by atoms with Crippen molar-refractivity contribution in [2.24, 2.45) is 5.73 Å². The lowest BCUT2D eigenvalue weighted by Crippen LogP contribution is -2.19. The molecule has 0 aromatic heterocycles.